The molecule has 0 fully saturated rings. The minimum Gasteiger partial charge on any atom is -0.496 e. The zero-order valence-electron chi connectivity index (χ0n) is 10.4. The molecule has 17 heavy (non-hydrogen) atoms. The fourth-order valence-corrected chi connectivity index (χ4v) is 1.51. The van der Waals surface area contributed by atoms with Gasteiger partial charge in [0, 0.05) is 11.6 Å². The zero-order chi connectivity index (χ0) is 13.0. The topological polar surface area (TPSA) is 70.8 Å². The Balaban J connectivity index is 3.33. The number of rotatable bonds is 5. The Kier molecular flexibility index (Phi) is 4.34. The van der Waals surface area contributed by atoms with Crippen LogP contribution in [0.4, 0.5) is 0 Å². The molecule has 1 aromatic carbocycles. The van der Waals surface area contributed by atoms with Crippen molar-refractivity contribution < 1.29 is 19.0 Å². The van der Waals surface area contributed by atoms with E-state index in [1.54, 1.807) is 12.1 Å². The number of hydrogen-bond acceptors (Lipinski definition) is 5. The van der Waals surface area contributed by atoms with Crippen LogP contribution in [-0.2, 0) is 4.79 Å². The second-order valence-corrected chi connectivity index (χ2v) is 3.54. The van der Waals surface area contributed by atoms with Gasteiger partial charge in [0.05, 0.1) is 27.4 Å². The largest absolute Gasteiger partial charge is 0.496 e. The quantitative estimate of drug-likeness (QED) is 0.838. The molecule has 5 nitrogen and oxygen atoms in total. The summed E-state index contributed by atoms with van der Waals surface area (Å²) in [5.41, 5.74) is 6.38. The van der Waals surface area contributed by atoms with Crippen molar-refractivity contribution in [3.05, 3.63) is 17.7 Å². The molecule has 94 valence electrons. The number of carbonyl (C=O) groups excluding carboxylic acids is 1. The summed E-state index contributed by atoms with van der Waals surface area (Å²) in [5, 5.41) is 0. The molecule has 0 amide bonds. The normalized spacial score (nSPS) is 11.8. The van der Waals surface area contributed by atoms with Crippen molar-refractivity contribution >= 4 is 5.78 Å². The Labute approximate surface area is 100 Å². The van der Waals surface area contributed by atoms with Gasteiger partial charge in [0.1, 0.15) is 5.75 Å². The van der Waals surface area contributed by atoms with Crippen LogP contribution in [-0.4, -0.2) is 27.1 Å². The van der Waals surface area contributed by atoms with Gasteiger partial charge in [0.25, 0.3) is 0 Å². The van der Waals surface area contributed by atoms with Gasteiger partial charge in [-0.1, -0.05) is 0 Å². The SMILES string of the molecule is COc1cc(OC)c(C(N)C(C)=O)cc1OC. The number of hydrogen-bond donors (Lipinski definition) is 1. The van der Waals surface area contributed by atoms with Gasteiger partial charge >= 0.3 is 0 Å². The fourth-order valence-electron chi connectivity index (χ4n) is 1.51. The summed E-state index contributed by atoms with van der Waals surface area (Å²) in [7, 11) is 4.56. The smallest absolute Gasteiger partial charge is 0.164 e. The van der Waals surface area contributed by atoms with E-state index in [0.717, 1.165) is 0 Å². The first kappa shape index (κ1) is 13.3. The molecule has 0 aromatic heterocycles. The van der Waals surface area contributed by atoms with E-state index >= 15 is 0 Å². The summed E-state index contributed by atoms with van der Waals surface area (Å²) in [6.45, 7) is 1.43. The van der Waals surface area contributed by atoms with E-state index < -0.39 is 6.04 Å². The lowest BCUT2D eigenvalue weighted by Gasteiger charge is -2.16. The molecule has 1 atom stereocenters. The second-order valence-electron chi connectivity index (χ2n) is 3.54. The first-order chi connectivity index (χ1) is 8.04. The third-order valence-electron chi connectivity index (χ3n) is 2.51. The number of ether oxygens (including phenoxy) is 3. The van der Waals surface area contributed by atoms with Gasteiger partial charge in [-0.25, -0.2) is 0 Å². The zero-order valence-corrected chi connectivity index (χ0v) is 10.4. The number of benzene rings is 1. The number of methoxy groups -OCH3 is 3. The van der Waals surface area contributed by atoms with Crippen LogP contribution < -0.4 is 19.9 Å². The molecule has 0 aliphatic heterocycles. The maximum absolute atomic E-state index is 11.3. The third kappa shape index (κ3) is 2.68. The standard InChI is InChI=1S/C12H17NO4/c1-7(14)12(13)8-5-10(16-3)11(17-4)6-9(8)15-2/h5-6,12H,13H2,1-4H3. The monoisotopic (exact) mass is 239 g/mol. The van der Waals surface area contributed by atoms with Crippen molar-refractivity contribution in [1.29, 1.82) is 0 Å². The van der Waals surface area contributed by atoms with E-state index in [0.29, 0.717) is 22.8 Å². The molecular weight excluding hydrogens is 222 g/mol. The molecule has 0 aliphatic carbocycles. The summed E-state index contributed by atoms with van der Waals surface area (Å²) in [5.74, 6) is 1.41. The minimum atomic E-state index is -0.732. The molecule has 0 saturated heterocycles. The van der Waals surface area contributed by atoms with Crippen LogP contribution in [0.15, 0.2) is 12.1 Å². The van der Waals surface area contributed by atoms with E-state index in [2.05, 4.69) is 0 Å². The van der Waals surface area contributed by atoms with E-state index in [1.807, 2.05) is 0 Å². The molecule has 2 N–H and O–H groups in total. The van der Waals surface area contributed by atoms with E-state index in [-0.39, 0.29) is 5.78 Å². The molecule has 5 heteroatoms. The molecule has 1 unspecified atom stereocenters. The highest BCUT2D eigenvalue weighted by molar-refractivity contribution is 5.83. The van der Waals surface area contributed by atoms with Crippen molar-refractivity contribution in [2.75, 3.05) is 21.3 Å². The molecule has 0 heterocycles. The molecule has 0 radical (unpaired) electrons. The summed E-state index contributed by atoms with van der Waals surface area (Å²) in [4.78, 5) is 11.3. The molecule has 1 aromatic rings. The van der Waals surface area contributed by atoms with E-state index in [9.17, 15) is 4.79 Å². The predicted molar refractivity (Wildman–Crippen MR) is 63.7 cm³/mol. The van der Waals surface area contributed by atoms with Gasteiger partial charge in [0.15, 0.2) is 17.3 Å². The number of ketones is 1. The average Bonchev–Trinajstić information content (AvgIpc) is 2.35. The lowest BCUT2D eigenvalue weighted by molar-refractivity contribution is -0.118. The van der Waals surface area contributed by atoms with Gasteiger partial charge in [-0.3, -0.25) is 4.79 Å². The number of nitrogens with two attached hydrogens (primary N) is 1. The molecule has 0 saturated carbocycles. The Morgan fingerprint density at radius 3 is 1.94 bits per heavy atom. The Morgan fingerprint density at radius 1 is 1.06 bits per heavy atom. The molecule has 0 aliphatic rings. The molecule has 1 rings (SSSR count). The summed E-state index contributed by atoms with van der Waals surface area (Å²) in [6, 6.07) is 2.57. The maximum Gasteiger partial charge on any atom is 0.164 e. The second kappa shape index (κ2) is 5.54. The summed E-state index contributed by atoms with van der Waals surface area (Å²) >= 11 is 0. The van der Waals surface area contributed by atoms with Crippen LogP contribution in [0.5, 0.6) is 17.2 Å². The first-order valence-corrected chi connectivity index (χ1v) is 5.11. The van der Waals surface area contributed by atoms with Gasteiger partial charge in [-0.15, -0.1) is 0 Å². The first-order valence-electron chi connectivity index (χ1n) is 5.11. The maximum atomic E-state index is 11.3. The highest BCUT2D eigenvalue weighted by Gasteiger charge is 2.19. The van der Waals surface area contributed by atoms with Crippen molar-refractivity contribution in [2.45, 2.75) is 13.0 Å². The molecular formula is C12H17NO4. The Morgan fingerprint density at radius 2 is 1.53 bits per heavy atom. The summed E-state index contributed by atoms with van der Waals surface area (Å²) in [6.07, 6.45) is 0. The van der Waals surface area contributed by atoms with E-state index in [1.165, 1.54) is 28.3 Å². The third-order valence-corrected chi connectivity index (χ3v) is 2.51. The van der Waals surface area contributed by atoms with Crippen molar-refractivity contribution in [3.63, 3.8) is 0 Å². The Bertz CT molecular complexity index is 417. The van der Waals surface area contributed by atoms with Crippen LogP contribution >= 0.6 is 0 Å². The van der Waals surface area contributed by atoms with Crippen molar-refractivity contribution in [1.82, 2.24) is 0 Å². The van der Waals surface area contributed by atoms with Gasteiger partial charge in [-0.05, 0) is 13.0 Å². The van der Waals surface area contributed by atoms with Crippen molar-refractivity contribution in [3.8, 4) is 17.2 Å². The van der Waals surface area contributed by atoms with Gasteiger partial charge in [-0.2, -0.15) is 0 Å². The summed E-state index contributed by atoms with van der Waals surface area (Å²) < 4.78 is 15.5. The molecule has 0 spiro atoms. The molecule has 0 bridgehead atoms. The van der Waals surface area contributed by atoms with Crippen molar-refractivity contribution in [2.24, 2.45) is 5.73 Å². The van der Waals surface area contributed by atoms with E-state index in [4.69, 9.17) is 19.9 Å². The Hall–Kier alpha value is -1.75. The van der Waals surface area contributed by atoms with Crippen LogP contribution in [0.3, 0.4) is 0 Å². The van der Waals surface area contributed by atoms with Gasteiger partial charge < -0.3 is 19.9 Å². The highest BCUT2D eigenvalue weighted by atomic mass is 16.5. The lowest BCUT2D eigenvalue weighted by Crippen LogP contribution is -2.19. The number of carbonyl (C=O) groups is 1. The van der Waals surface area contributed by atoms with Gasteiger partial charge in [0.2, 0.25) is 0 Å². The van der Waals surface area contributed by atoms with Crippen LogP contribution in [0.2, 0.25) is 0 Å². The van der Waals surface area contributed by atoms with Crippen LogP contribution in [0.1, 0.15) is 18.5 Å². The van der Waals surface area contributed by atoms with Crippen LogP contribution in [0.25, 0.3) is 0 Å². The minimum absolute atomic E-state index is 0.143. The lowest BCUT2D eigenvalue weighted by atomic mass is 10.0. The highest BCUT2D eigenvalue weighted by Crippen LogP contribution is 2.36. The average molecular weight is 239 g/mol. The number of Topliss-reactive ketones (excluding diaryl/α,β-unsaturated/α-hetero) is 1. The predicted octanol–water partition coefficient (Wildman–Crippen LogP) is 1.30. The van der Waals surface area contributed by atoms with Crippen LogP contribution in [0, 0.1) is 0 Å². The fraction of sp³-hybridized carbons (Fsp3) is 0.417.